The number of thiophene rings is 1. The lowest BCUT2D eigenvalue weighted by Crippen LogP contribution is -2.18. The molecule has 1 aromatic rings. The molecule has 0 amide bonds. The van der Waals surface area contributed by atoms with Gasteiger partial charge in [0.05, 0.1) is 6.61 Å². The quantitative estimate of drug-likeness (QED) is 0.571. The van der Waals surface area contributed by atoms with Crippen LogP contribution in [0.2, 0.25) is 0 Å². The van der Waals surface area contributed by atoms with Crippen LogP contribution in [0, 0.1) is 11.8 Å². The molecule has 0 spiro atoms. The van der Waals surface area contributed by atoms with Crippen molar-refractivity contribution < 1.29 is 4.74 Å². The Morgan fingerprint density at radius 1 is 1.19 bits per heavy atom. The summed E-state index contributed by atoms with van der Waals surface area (Å²) in [6.45, 7) is 12.8. The van der Waals surface area contributed by atoms with Crippen LogP contribution in [0.5, 0.6) is 0 Å². The predicted octanol–water partition coefficient (Wildman–Crippen LogP) is 5.23. The molecule has 2 nitrogen and oxygen atoms in total. The summed E-state index contributed by atoms with van der Waals surface area (Å²) in [6.07, 6.45) is 5.15. The standard InChI is InChI=1S/C18H33NOS/c1-5-7-8-16(6-2)13-20-14-18-10-9-17(21-18)12-19-11-15(3)4/h9-10,15-16,19H,5-8,11-14H2,1-4H3. The first-order chi connectivity index (χ1) is 10.2. The van der Waals surface area contributed by atoms with Crippen LogP contribution < -0.4 is 5.32 Å². The molecule has 0 aliphatic heterocycles. The van der Waals surface area contributed by atoms with E-state index in [0.29, 0.717) is 5.92 Å². The zero-order chi connectivity index (χ0) is 15.5. The fraction of sp³-hybridized carbons (Fsp3) is 0.778. The van der Waals surface area contributed by atoms with Gasteiger partial charge in [-0.1, -0.05) is 47.0 Å². The minimum absolute atomic E-state index is 0.710. The average Bonchev–Trinajstić information content (AvgIpc) is 2.90. The molecule has 0 aromatic carbocycles. The number of hydrogen-bond donors (Lipinski definition) is 1. The molecule has 0 aliphatic rings. The molecule has 0 radical (unpaired) electrons. The summed E-state index contributed by atoms with van der Waals surface area (Å²) >= 11 is 1.87. The van der Waals surface area contributed by atoms with Crippen LogP contribution in [-0.2, 0) is 17.9 Å². The highest BCUT2D eigenvalue weighted by Gasteiger charge is 2.07. The van der Waals surface area contributed by atoms with Gasteiger partial charge < -0.3 is 10.1 Å². The zero-order valence-corrected chi connectivity index (χ0v) is 15.1. The van der Waals surface area contributed by atoms with Gasteiger partial charge >= 0.3 is 0 Å². The van der Waals surface area contributed by atoms with Crippen LogP contribution in [0.4, 0.5) is 0 Å². The topological polar surface area (TPSA) is 21.3 Å². The van der Waals surface area contributed by atoms with Crippen molar-refractivity contribution in [1.82, 2.24) is 5.32 Å². The summed E-state index contributed by atoms with van der Waals surface area (Å²) in [6, 6.07) is 4.44. The molecule has 1 rings (SSSR count). The van der Waals surface area contributed by atoms with E-state index in [1.807, 2.05) is 11.3 Å². The lowest BCUT2D eigenvalue weighted by atomic mass is 10.0. The first kappa shape index (κ1) is 18.7. The molecule has 0 aliphatic carbocycles. The third kappa shape index (κ3) is 8.60. The van der Waals surface area contributed by atoms with Crippen molar-refractivity contribution in [3.8, 4) is 0 Å². The molecule has 0 saturated heterocycles. The summed E-state index contributed by atoms with van der Waals surface area (Å²) in [5, 5.41) is 3.49. The normalized spacial score (nSPS) is 13.0. The summed E-state index contributed by atoms with van der Waals surface area (Å²) in [4.78, 5) is 2.76. The van der Waals surface area contributed by atoms with Crippen molar-refractivity contribution in [2.24, 2.45) is 11.8 Å². The number of hydrogen-bond acceptors (Lipinski definition) is 3. The lowest BCUT2D eigenvalue weighted by Gasteiger charge is -2.14. The van der Waals surface area contributed by atoms with Crippen molar-refractivity contribution in [2.45, 2.75) is 66.5 Å². The van der Waals surface area contributed by atoms with Gasteiger partial charge in [-0.15, -0.1) is 11.3 Å². The Hall–Kier alpha value is -0.380. The van der Waals surface area contributed by atoms with Gasteiger partial charge in [0.1, 0.15) is 0 Å². The Kier molecular flexibility index (Phi) is 9.98. The molecule has 0 bridgehead atoms. The van der Waals surface area contributed by atoms with Crippen molar-refractivity contribution in [3.05, 3.63) is 21.9 Å². The highest BCUT2D eigenvalue weighted by molar-refractivity contribution is 7.11. The van der Waals surface area contributed by atoms with Gasteiger partial charge in [0.2, 0.25) is 0 Å². The van der Waals surface area contributed by atoms with Gasteiger partial charge in [-0.05, 0) is 36.9 Å². The second-order valence-corrected chi connectivity index (χ2v) is 7.58. The fourth-order valence-corrected chi connectivity index (χ4v) is 3.23. The maximum absolute atomic E-state index is 5.92. The van der Waals surface area contributed by atoms with Crippen LogP contribution in [-0.4, -0.2) is 13.2 Å². The minimum Gasteiger partial charge on any atom is -0.376 e. The summed E-state index contributed by atoms with van der Waals surface area (Å²) < 4.78 is 5.92. The van der Waals surface area contributed by atoms with Crippen LogP contribution in [0.1, 0.15) is 63.1 Å². The van der Waals surface area contributed by atoms with E-state index in [9.17, 15) is 0 Å². The highest BCUT2D eigenvalue weighted by atomic mass is 32.1. The lowest BCUT2D eigenvalue weighted by molar-refractivity contribution is 0.0836. The third-order valence-electron chi connectivity index (χ3n) is 3.71. The van der Waals surface area contributed by atoms with Gasteiger partial charge in [-0.2, -0.15) is 0 Å². The highest BCUT2D eigenvalue weighted by Crippen LogP contribution is 2.19. The number of ether oxygens (including phenoxy) is 1. The maximum Gasteiger partial charge on any atom is 0.0809 e. The van der Waals surface area contributed by atoms with Crippen LogP contribution in [0.3, 0.4) is 0 Å². The molecule has 1 unspecified atom stereocenters. The molecule has 122 valence electrons. The summed E-state index contributed by atoms with van der Waals surface area (Å²) in [7, 11) is 0. The third-order valence-corrected chi connectivity index (χ3v) is 4.77. The molecule has 0 saturated carbocycles. The van der Waals surface area contributed by atoms with Crippen molar-refractivity contribution in [2.75, 3.05) is 13.2 Å². The first-order valence-electron chi connectivity index (χ1n) is 8.51. The first-order valence-corrected chi connectivity index (χ1v) is 9.33. The SMILES string of the molecule is CCCCC(CC)COCc1ccc(CNCC(C)C)s1. The van der Waals surface area contributed by atoms with E-state index in [4.69, 9.17) is 4.74 Å². The molecular weight excluding hydrogens is 278 g/mol. The molecule has 1 atom stereocenters. The Morgan fingerprint density at radius 3 is 2.62 bits per heavy atom. The molecule has 1 N–H and O–H groups in total. The molecule has 1 aromatic heterocycles. The molecule has 21 heavy (non-hydrogen) atoms. The van der Waals surface area contributed by atoms with E-state index in [1.165, 1.54) is 35.4 Å². The second-order valence-electron chi connectivity index (χ2n) is 6.32. The van der Waals surface area contributed by atoms with E-state index in [1.54, 1.807) is 0 Å². The van der Waals surface area contributed by atoms with E-state index in [0.717, 1.165) is 32.2 Å². The van der Waals surface area contributed by atoms with Gasteiger partial charge in [-0.25, -0.2) is 0 Å². The summed E-state index contributed by atoms with van der Waals surface area (Å²) in [5.41, 5.74) is 0. The van der Waals surface area contributed by atoms with E-state index in [-0.39, 0.29) is 0 Å². The number of rotatable bonds is 12. The average molecular weight is 312 g/mol. The predicted molar refractivity (Wildman–Crippen MR) is 93.8 cm³/mol. The Labute approximate surface area is 135 Å². The monoisotopic (exact) mass is 311 g/mol. The van der Waals surface area contributed by atoms with Crippen molar-refractivity contribution in [1.29, 1.82) is 0 Å². The molecular formula is C18H33NOS. The second kappa shape index (κ2) is 11.2. The van der Waals surface area contributed by atoms with Gasteiger partial charge in [0, 0.05) is 22.9 Å². The zero-order valence-electron chi connectivity index (χ0n) is 14.3. The fourth-order valence-electron chi connectivity index (χ4n) is 2.30. The Bertz CT molecular complexity index is 362. The van der Waals surface area contributed by atoms with Crippen LogP contribution in [0.15, 0.2) is 12.1 Å². The Morgan fingerprint density at radius 2 is 1.95 bits per heavy atom. The molecule has 1 heterocycles. The Balaban J connectivity index is 2.21. The maximum atomic E-state index is 5.92. The largest absolute Gasteiger partial charge is 0.376 e. The van der Waals surface area contributed by atoms with E-state index >= 15 is 0 Å². The van der Waals surface area contributed by atoms with E-state index < -0.39 is 0 Å². The molecule has 0 fully saturated rings. The van der Waals surface area contributed by atoms with Gasteiger partial charge in [-0.3, -0.25) is 0 Å². The number of unbranched alkanes of at least 4 members (excludes halogenated alkanes) is 1. The van der Waals surface area contributed by atoms with E-state index in [2.05, 4.69) is 45.1 Å². The van der Waals surface area contributed by atoms with Gasteiger partial charge in [0.15, 0.2) is 0 Å². The summed E-state index contributed by atoms with van der Waals surface area (Å²) in [5.74, 6) is 1.44. The van der Waals surface area contributed by atoms with Crippen molar-refractivity contribution >= 4 is 11.3 Å². The van der Waals surface area contributed by atoms with Crippen molar-refractivity contribution in [3.63, 3.8) is 0 Å². The van der Waals surface area contributed by atoms with Crippen LogP contribution >= 0.6 is 11.3 Å². The molecule has 3 heteroatoms. The number of nitrogens with one attached hydrogen (secondary N) is 1. The smallest absolute Gasteiger partial charge is 0.0809 e. The van der Waals surface area contributed by atoms with Gasteiger partial charge in [0.25, 0.3) is 0 Å². The minimum atomic E-state index is 0.710. The van der Waals surface area contributed by atoms with Crippen LogP contribution in [0.25, 0.3) is 0 Å².